The first-order valence-electron chi connectivity index (χ1n) is 13.6. The van der Waals surface area contributed by atoms with Crippen LogP contribution in [-0.2, 0) is 0 Å². The van der Waals surface area contributed by atoms with E-state index in [2.05, 4.69) is 41.2 Å². The maximum absolute atomic E-state index is 7.61. The number of fused-ring (bicyclic) bond motifs is 5. The number of hydrogen-bond donors (Lipinski definition) is 2. The Kier molecular flexibility index (Phi) is 6.32. The standard InChI is InChI=1S/C29H50N2/c1-7-8-13-27(6)21(5)11-15-29(31)23-12-14-28(16-17-30)18-20(4)25(19(2)3)26(28)22(23)9-10-24(27)29/h19,21-24H,4,7-18,30-31H2,1-3,5-6H3. The maximum atomic E-state index is 7.61. The molecule has 4 aliphatic carbocycles. The highest BCUT2D eigenvalue weighted by Gasteiger charge is 2.62. The van der Waals surface area contributed by atoms with E-state index in [4.69, 9.17) is 11.5 Å². The van der Waals surface area contributed by atoms with Crippen LogP contribution in [0.15, 0.2) is 23.3 Å². The van der Waals surface area contributed by atoms with Crippen molar-refractivity contribution in [3.8, 4) is 0 Å². The molecule has 3 fully saturated rings. The summed E-state index contributed by atoms with van der Waals surface area (Å²) in [4.78, 5) is 0. The number of nitrogens with two attached hydrogens (primary N) is 2. The molecule has 0 spiro atoms. The summed E-state index contributed by atoms with van der Waals surface area (Å²) in [7, 11) is 0. The Bertz CT molecular complexity index is 735. The van der Waals surface area contributed by atoms with E-state index in [9.17, 15) is 0 Å². The van der Waals surface area contributed by atoms with E-state index in [-0.39, 0.29) is 5.54 Å². The molecule has 176 valence electrons. The zero-order valence-electron chi connectivity index (χ0n) is 21.2. The van der Waals surface area contributed by atoms with Crippen molar-refractivity contribution in [1.82, 2.24) is 0 Å². The topological polar surface area (TPSA) is 52.0 Å². The van der Waals surface area contributed by atoms with Crippen LogP contribution < -0.4 is 11.5 Å². The molecule has 0 saturated heterocycles. The maximum Gasteiger partial charge on any atom is 0.0222 e. The van der Waals surface area contributed by atoms with E-state index < -0.39 is 0 Å². The van der Waals surface area contributed by atoms with Gasteiger partial charge in [0.05, 0.1) is 0 Å². The first-order chi connectivity index (χ1) is 14.6. The van der Waals surface area contributed by atoms with Crippen molar-refractivity contribution in [2.24, 2.45) is 51.9 Å². The minimum absolute atomic E-state index is 0.0196. The highest BCUT2D eigenvalue weighted by molar-refractivity contribution is 5.49. The van der Waals surface area contributed by atoms with Crippen molar-refractivity contribution in [3.63, 3.8) is 0 Å². The molecule has 0 bridgehead atoms. The average Bonchev–Trinajstić information content (AvgIpc) is 3.02. The normalized spacial score (nSPS) is 45.0. The SMILES string of the molecule is C=C1CC2(CCN)CCC3C(CCC4C(C)(CCCC)C(C)CCC34N)C2=C1C(C)C. The molecular formula is C29H50N2. The lowest BCUT2D eigenvalue weighted by molar-refractivity contribution is -0.0961. The molecule has 0 radical (unpaired) electrons. The van der Waals surface area contributed by atoms with Gasteiger partial charge in [-0.1, -0.05) is 65.2 Å². The molecule has 7 atom stereocenters. The predicted octanol–water partition coefficient (Wildman–Crippen LogP) is 6.99. The van der Waals surface area contributed by atoms with Gasteiger partial charge in [-0.2, -0.15) is 0 Å². The molecule has 0 heterocycles. The highest BCUT2D eigenvalue weighted by Crippen LogP contribution is 2.67. The Balaban J connectivity index is 1.75. The van der Waals surface area contributed by atoms with Crippen LogP contribution in [0.3, 0.4) is 0 Å². The van der Waals surface area contributed by atoms with Crippen LogP contribution in [0.4, 0.5) is 0 Å². The third kappa shape index (κ3) is 3.41. The van der Waals surface area contributed by atoms with E-state index >= 15 is 0 Å². The summed E-state index contributed by atoms with van der Waals surface area (Å²) >= 11 is 0. The fourth-order valence-electron chi connectivity index (χ4n) is 9.35. The van der Waals surface area contributed by atoms with Crippen LogP contribution in [0.1, 0.15) is 105 Å². The summed E-state index contributed by atoms with van der Waals surface area (Å²) in [5.74, 6) is 3.37. The zero-order chi connectivity index (χ0) is 22.6. The molecule has 4 rings (SSSR count). The lowest BCUT2D eigenvalue weighted by Gasteiger charge is -2.64. The smallest absolute Gasteiger partial charge is 0.0222 e. The monoisotopic (exact) mass is 426 g/mol. The van der Waals surface area contributed by atoms with Gasteiger partial charge in [0.1, 0.15) is 0 Å². The third-order valence-corrected chi connectivity index (χ3v) is 10.9. The van der Waals surface area contributed by atoms with Crippen molar-refractivity contribution >= 4 is 0 Å². The zero-order valence-corrected chi connectivity index (χ0v) is 21.2. The summed E-state index contributed by atoms with van der Waals surface area (Å²) in [6.07, 6.45) is 14.1. The predicted molar refractivity (Wildman–Crippen MR) is 134 cm³/mol. The summed E-state index contributed by atoms with van der Waals surface area (Å²) in [6, 6.07) is 0. The van der Waals surface area contributed by atoms with Gasteiger partial charge in [-0.15, -0.1) is 0 Å². The molecule has 2 nitrogen and oxygen atoms in total. The number of unbranched alkanes of at least 4 members (excludes halogenated alkanes) is 1. The second-order valence-corrected chi connectivity index (χ2v) is 12.6. The van der Waals surface area contributed by atoms with Gasteiger partial charge < -0.3 is 11.5 Å². The fourth-order valence-corrected chi connectivity index (χ4v) is 9.35. The molecule has 0 aromatic rings. The van der Waals surface area contributed by atoms with Gasteiger partial charge >= 0.3 is 0 Å². The number of allylic oxidation sites excluding steroid dienone is 3. The van der Waals surface area contributed by atoms with Crippen molar-refractivity contribution in [2.75, 3.05) is 6.54 Å². The molecule has 0 aliphatic heterocycles. The van der Waals surface area contributed by atoms with E-state index in [1.54, 1.807) is 11.1 Å². The molecule has 4 N–H and O–H groups in total. The molecule has 3 saturated carbocycles. The molecule has 0 amide bonds. The first-order valence-corrected chi connectivity index (χ1v) is 13.6. The van der Waals surface area contributed by atoms with Gasteiger partial charge in [0.25, 0.3) is 0 Å². The number of rotatable bonds is 6. The van der Waals surface area contributed by atoms with Crippen LogP contribution >= 0.6 is 0 Å². The molecule has 4 aliphatic rings. The van der Waals surface area contributed by atoms with Crippen LogP contribution in [0.25, 0.3) is 0 Å². The number of hydrogen-bond acceptors (Lipinski definition) is 2. The van der Waals surface area contributed by atoms with Gasteiger partial charge in [0.15, 0.2) is 0 Å². The minimum atomic E-state index is 0.0196. The van der Waals surface area contributed by atoms with Gasteiger partial charge in [-0.05, 0) is 110 Å². The van der Waals surface area contributed by atoms with E-state index in [0.717, 1.165) is 25.3 Å². The largest absolute Gasteiger partial charge is 0.330 e. The van der Waals surface area contributed by atoms with E-state index in [1.807, 2.05) is 0 Å². The van der Waals surface area contributed by atoms with Crippen molar-refractivity contribution in [3.05, 3.63) is 23.3 Å². The summed E-state index contributed by atoms with van der Waals surface area (Å²) < 4.78 is 0. The van der Waals surface area contributed by atoms with Crippen LogP contribution in [-0.4, -0.2) is 12.1 Å². The molecular weight excluding hydrogens is 376 g/mol. The second kappa shape index (κ2) is 8.32. The Morgan fingerprint density at radius 2 is 1.84 bits per heavy atom. The summed E-state index contributed by atoms with van der Waals surface area (Å²) in [6.45, 7) is 17.6. The second-order valence-electron chi connectivity index (χ2n) is 12.6. The quantitative estimate of drug-likeness (QED) is 0.480. The van der Waals surface area contributed by atoms with Crippen LogP contribution in [0.2, 0.25) is 0 Å². The highest BCUT2D eigenvalue weighted by atomic mass is 14.9. The van der Waals surface area contributed by atoms with Gasteiger partial charge in [0.2, 0.25) is 0 Å². The van der Waals surface area contributed by atoms with Crippen LogP contribution in [0.5, 0.6) is 0 Å². The third-order valence-electron chi connectivity index (χ3n) is 10.9. The summed E-state index contributed by atoms with van der Waals surface area (Å²) in [5, 5.41) is 0. The van der Waals surface area contributed by atoms with Crippen LogP contribution in [0, 0.1) is 40.4 Å². The van der Waals surface area contributed by atoms with E-state index in [1.165, 1.54) is 63.4 Å². The molecule has 0 aromatic heterocycles. The Morgan fingerprint density at radius 3 is 2.48 bits per heavy atom. The Morgan fingerprint density at radius 1 is 1.10 bits per heavy atom. The van der Waals surface area contributed by atoms with Crippen molar-refractivity contribution < 1.29 is 0 Å². The van der Waals surface area contributed by atoms with Gasteiger partial charge in [-0.3, -0.25) is 0 Å². The Hall–Kier alpha value is -0.600. The minimum Gasteiger partial charge on any atom is -0.330 e. The molecule has 0 aromatic carbocycles. The van der Waals surface area contributed by atoms with Gasteiger partial charge in [0, 0.05) is 5.54 Å². The molecule has 2 heteroatoms. The fraction of sp³-hybridized carbons (Fsp3) is 0.862. The molecule has 31 heavy (non-hydrogen) atoms. The first kappa shape index (κ1) is 23.6. The molecule has 7 unspecified atom stereocenters. The van der Waals surface area contributed by atoms with Gasteiger partial charge in [-0.25, -0.2) is 0 Å². The lowest BCUT2D eigenvalue weighted by atomic mass is 9.42. The Labute approximate surface area is 192 Å². The van der Waals surface area contributed by atoms with Crippen molar-refractivity contribution in [2.45, 2.75) is 111 Å². The average molecular weight is 427 g/mol. The lowest BCUT2D eigenvalue weighted by Crippen LogP contribution is -2.67. The summed E-state index contributed by atoms with van der Waals surface area (Å²) in [5.41, 5.74) is 19.4. The van der Waals surface area contributed by atoms with Crippen molar-refractivity contribution in [1.29, 1.82) is 0 Å². The van der Waals surface area contributed by atoms with E-state index in [0.29, 0.717) is 34.5 Å².